The first-order valence-corrected chi connectivity index (χ1v) is 6.82. The molecule has 2 atom stereocenters. The van der Waals surface area contributed by atoms with E-state index in [4.69, 9.17) is 16.7 Å². The number of ketones is 1. The summed E-state index contributed by atoms with van der Waals surface area (Å²) in [4.78, 5) is 23.5. The number of aliphatic hydroxyl groups excluding tert-OH is 1. The minimum absolute atomic E-state index is 0.0758. The second-order valence-electron chi connectivity index (χ2n) is 3.65. The highest BCUT2D eigenvalue weighted by Crippen LogP contribution is 2.29. The van der Waals surface area contributed by atoms with Gasteiger partial charge in [0.25, 0.3) is 0 Å². The lowest BCUT2D eigenvalue weighted by atomic mass is 9.97. The molecule has 0 amide bonds. The third-order valence-corrected chi connectivity index (χ3v) is 3.39. The van der Waals surface area contributed by atoms with Crippen LogP contribution in [0.3, 0.4) is 0 Å². The van der Waals surface area contributed by atoms with E-state index in [-0.39, 0.29) is 11.1 Å². The summed E-state index contributed by atoms with van der Waals surface area (Å²) in [7, 11) is 0. The molecular weight excluding hydrogens is 276 g/mol. The highest BCUT2D eigenvalue weighted by Gasteiger charge is 2.26. The van der Waals surface area contributed by atoms with Crippen molar-refractivity contribution in [2.24, 2.45) is 0 Å². The smallest absolute Gasteiger partial charge is 0.337 e. The molecule has 1 aromatic carbocycles. The van der Waals surface area contributed by atoms with Crippen molar-refractivity contribution < 1.29 is 19.8 Å². The lowest BCUT2D eigenvalue weighted by molar-refractivity contribution is -0.146. The summed E-state index contributed by atoms with van der Waals surface area (Å²) in [5.41, 5.74) is 0.259. The lowest BCUT2D eigenvalue weighted by Crippen LogP contribution is -2.19. The van der Waals surface area contributed by atoms with Crippen LogP contribution in [0, 0.1) is 0 Å². The van der Waals surface area contributed by atoms with E-state index in [1.54, 1.807) is 18.4 Å². The number of carboxylic acids is 1. The largest absolute Gasteiger partial charge is 0.479 e. The zero-order valence-electron chi connectivity index (χ0n) is 9.88. The van der Waals surface area contributed by atoms with Crippen molar-refractivity contribution in [1.29, 1.82) is 0 Å². The number of carboxylic acid groups (broad SMARTS) is 1. The number of thioether (sulfide) groups is 1. The summed E-state index contributed by atoms with van der Waals surface area (Å²) in [6.45, 7) is 1.51. The SMILES string of the molecule is CSc1cccc(C(O)C(=O)O)c1C(=O)C(C)Cl. The summed E-state index contributed by atoms with van der Waals surface area (Å²) in [5, 5.41) is 17.7. The first-order chi connectivity index (χ1) is 8.40. The van der Waals surface area contributed by atoms with E-state index in [0.29, 0.717) is 4.90 Å². The van der Waals surface area contributed by atoms with E-state index in [1.165, 1.54) is 24.8 Å². The second-order valence-corrected chi connectivity index (χ2v) is 5.15. The molecule has 18 heavy (non-hydrogen) atoms. The van der Waals surface area contributed by atoms with Gasteiger partial charge in [-0.05, 0) is 19.2 Å². The molecule has 0 aliphatic rings. The number of rotatable bonds is 5. The number of benzene rings is 1. The van der Waals surface area contributed by atoms with Crippen LogP contribution >= 0.6 is 23.4 Å². The number of Topliss-reactive ketones (excluding diaryl/α,β-unsaturated/α-hetero) is 1. The summed E-state index contributed by atoms with van der Waals surface area (Å²) in [6.07, 6.45) is 0.0357. The van der Waals surface area contributed by atoms with E-state index >= 15 is 0 Å². The Balaban J connectivity index is 3.42. The Labute approximate surface area is 114 Å². The van der Waals surface area contributed by atoms with Crippen LogP contribution in [0.5, 0.6) is 0 Å². The molecule has 1 aromatic rings. The van der Waals surface area contributed by atoms with Crippen molar-refractivity contribution in [2.45, 2.75) is 23.3 Å². The van der Waals surface area contributed by atoms with E-state index in [2.05, 4.69) is 0 Å². The molecule has 1 rings (SSSR count). The highest BCUT2D eigenvalue weighted by molar-refractivity contribution is 7.98. The van der Waals surface area contributed by atoms with Crippen LogP contribution in [-0.2, 0) is 4.79 Å². The molecule has 0 saturated carbocycles. The number of aliphatic hydroxyl groups is 1. The number of halogens is 1. The van der Waals surface area contributed by atoms with Gasteiger partial charge in [0.2, 0.25) is 0 Å². The summed E-state index contributed by atoms with van der Waals surface area (Å²) >= 11 is 7.06. The zero-order valence-corrected chi connectivity index (χ0v) is 11.5. The Morgan fingerprint density at radius 1 is 1.39 bits per heavy atom. The number of alkyl halides is 1. The van der Waals surface area contributed by atoms with Crippen molar-refractivity contribution in [1.82, 2.24) is 0 Å². The van der Waals surface area contributed by atoms with Gasteiger partial charge >= 0.3 is 5.97 Å². The number of hydrogen-bond acceptors (Lipinski definition) is 4. The molecule has 0 saturated heterocycles. The quantitative estimate of drug-likeness (QED) is 0.494. The van der Waals surface area contributed by atoms with Gasteiger partial charge in [0.05, 0.1) is 5.38 Å². The summed E-state index contributed by atoms with van der Waals surface area (Å²) in [5.74, 6) is -1.79. The number of carbonyl (C=O) groups excluding carboxylic acids is 1. The molecule has 0 bridgehead atoms. The van der Waals surface area contributed by atoms with Crippen molar-refractivity contribution >= 4 is 35.1 Å². The van der Waals surface area contributed by atoms with E-state index < -0.39 is 23.2 Å². The molecule has 0 aromatic heterocycles. The predicted molar refractivity (Wildman–Crippen MR) is 70.5 cm³/mol. The van der Waals surface area contributed by atoms with Gasteiger partial charge in [0, 0.05) is 16.0 Å². The van der Waals surface area contributed by atoms with Gasteiger partial charge in [-0.25, -0.2) is 4.79 Å². The van der Waals surface area contributed by atoms with Crippen LogP contribution in [0.4, 0.5) is 0 Å². The predicted octanol–water partition coefficient (Wildman–Crippen LogP) is 2.34. The fourth-order valence-electron chi connectivity index (χ4n) is 1.54. The van der Waals surface area contributed by atoms with Gasteiger partial charge in [-0.1, -0.05) is 12.1 Å². The molecule has 0 heterocycles. The Morgan fingerprint density at radius 3 is 2.44 bits per heavy atom. The van der Waals surface area contributed by atoms with E-state index in [0.717, 1.165) is 0 Å². The van der Waals surface area contributed by atoms with Crippen LogP contribution in [-0.4, -0.2) is 33.6 Å². The van der Waals surface area contributed by atoms with Gasteiger partial charge in [-0.3, -0.25) is 4.79 Å². The standard InChI is InChI=1S/C12H13ClO4S/c1-6(13)10(14)9-7(11(15)12(16)17)4-3-5-8(9)18-2/h3-6,11,15H,1-2H3,(H,16,17). The molecule has 4 nitrogen and oxygen atoms in total. The molecule has 6 heteroatoms. The monoisotopic (exact) mass is 288 g/mol. The van der Waals surface area contributed by atoms with Gasteiger partial charge in [0.15, 0.2) is 11.9 Å². The molecule has 0 aliphatic carbocycles. The summed E-state index contributed by atoms with van der Waals surface area (Å²) < 4.78 is 0. The Morgan fingerprint density at radius 2 is 2.00 bits per heavy atom. The Kier molecular flexibility index (Phi) is 5.19. The van der Waals surface area contributed by atoms with Crippen molar-refractivity contribution in [3.8, 4) is 0 Å². The minimum Gasteiger partial charge on any atom is -0.479 e. The van der Waals surface area contributed by atoms with Crippen molar-refractivity contribution in [3.63, 3.8) is 0 Å². The molecular formula is C12H13ClO4S. The van der Waals surface area contributed by atoms with Gasteiger partial charge in [0.1, 0.15) is 0 Å². The van der Waals surface area contributed by atoms with Gasteiger partial charge < -0.3 is 10.2 Å². The first-order valence-electron chi connectivity index (χ1n) is 5.16. The molecule has 0 spiro atoms. The second kappa shape index (κ2) is 6.22. The van der Waals surface area contributed by atoms with Crippen molar-refractivity contribution in [2.75, 3.05) is 6.26 Å². The van der Waals surface area contributed by atoms with Crippen LogP contribution in [0.1, 0.15) is 28.9 Å². The fourth-order valence-corrected chi connectivity index (χ4v) is 2.29. The molecule has 2 unspecified atom stereocenters. The van der Waals surface area contributed by atoms with Gasteiger partial charge in [-0.15, -0.1) is 23.4 Å². The number of hydrogen-bond donors (Lipinski definition) is 2. The van der Waals surface area contributed by atoms with E-state index in [1.807, 2.05) is 0 Å². The summed E-state index contributed by atoms with van der Waals surface area (Å²) in [6, 6.07) is 4.71. The maximum Gasteiger partial charge on any atom is 0.337 e. The maximum atomic E-state index is 12.0. The average molecular weight is 289 g/mol. The highest BCUT2D eigenvalue weighted by atomic mass is 35.5. The minimum atomic E-state index is -1.73. The van der Waals surface area contributed by atoms with E-state index in [9.17, 15) is 14.7 Å². The Bertz CT molecular complexity index is 473. The van der Waals surface area contributed by atoms with Crippen LogP contribution < -0.4 is 0 Å². The van der Waals surface area contributed by atoms with Crippen molar-refractivity contribution in [3.05, 3.63) is 29.3 Å². The molecule has 0 aliphatic heterocycles. The molecule has 0 radical (unpaired) electrons. The average Bonchev–Trinajstić information content (AvgIpc) is 2.35. The topological polar surface area (TPSA) is 74.6 Å². The van der Waals surface area contributed by atoms with Gasteiger partial charge in [-0.2, -0.15) is 0 Å². The molecule has 2 N–H and O–H groups in total. The zero-order chi connectivity index (χ0) is 13.9. The normalized spacial score (nSPS) is 14.0. The fraction of sp³-hybridized carbons (Fsp3) is 0.333. The third kappa shape index (κ3) is 3.04. The first kappa shape index (κ1) is 15.0. The lowest BCUT2D eigenvalue weighted by Gasteiger charge is -2.15. The number of carbonyl (C=O) groups is 2. The number of aliphatic carboxylic acids is 1. The van der Waals surface area contributed by atoms with Crippen LogP contribution in [0.15, 0.2) is 23.1 Å². The molecule has 0 fully saturated rings. The molecule has 98 valence electrons. The third-order valence-electron chi connectivity index (χ3n) is 2.41. The van der Waals surface area contributed by atoms with Crippen LogP contribution in [0.2, 0.25) is 0 Å². The van der Waals surface area contributed by atoms with Crippen LogP contribution in [0.25, 0.3) is 0 Å². The maximum absolute atomic E-state index is 12.0. The Hall–Kier alpha value is -1.04.